The number of ether oxygens (including phenoxy) is 4. The first-order valence-electron chi connectivity index (χ1n) is 11.2. The van der Waals surface area contributed by atoms with Crippen molar-refractivity contribution in [1.29, 1.82) is 0 Å². The van der Waals surface area contributed by atoms with Crippen LogP contribution in [0.2, 0.25) is 0 Å². The molecule has 7 aliphatic rings. The minimum absolute atomic E-state index is 0.0202. The Balaban J connectivity index is 1.31. The summed E-state index contributed by atoms with van der Waals surface area (Å²) in [7, 11) is 0. The molecule has 2 aliphatic heterocycles. The summed E-state index contributed by atoms with van der Waals surface area (Å²) in [5, 5.41) is 0. The average molecular weight is 428 g/mol. The maximum Gasteiger partial charge on any atom is 0.348 e. The second-order valence-corrected chi connectivity index (χ2v) is 11.2. The summed E-state index contributed by atoms with van der Waals surface area (Å²) in [4.78, 5) is 51.4. The van der Waals surface area contributed by atoms with Gasteiger partial charge in [-0.25, -0.2) is 9.59 Å². The molecule has 8 heteroatoms. The van der Waals surface area contributed by atoms with Gasteiger partial charge in [-0.2, -0.15) is 0 Å². The fraction of sp³-hybridized carbons (Fsp3) is 0.739. The van der Waals surface area contributed by atoms with Crippen LogP contribution in [0.15, 0.2) is 11.1 Å². The third-order valence-corrected chi connectivity index (χ3v) is 9.19. The van der Waals surface area contributed by atoms with E-state index >= 15 is 0 Å². The molecule has 9 atom stereocenters. The van der Waals surface area contributed by atoms with E-state index in [4.69, 9.17) is 18.9 Å². The predicted molar refractivity (Wildman–Crippen MR) is 99.1 cm³/mol. The summed E-state index contributed by atoms with van der Waals surface area (Å²) in [6.45, 7) is 6.21. The van der Waals surface area contributed by atoms with Gasteiger partial charge in [0.05, 0.1) is 0 Å². The van der Waals surface area contributed by atoms with E-state index in [9.17, 15) is 19.2 Å². The van der Waals surface area contributed by atoms with Gasteiger partial charge in [0.2, 0.25) is 0 Å². The van der Waals surface area contributed by atoms with Gasteiger partial charge in [0.1, 0.15) is 5.57 Å². The lowest BCUT2D eigenvalue weighted by molar-refractivity contribution is -0.246. The van der Waals surface area contributed by atoms with Gasteiger partial charge in [-0.05, 0) is 65.3 Å². The monoisotopic (exact) mass is 428 g/mol. The van der Waals surface area contributed by atoms with Gasteiger partial charge < -0.3 is 18.9 Å². The highest BCUT2D eigenvalue weighted by atomic mass is 16.7. The highest BCUT2D eigenvalue weighted by molar-refractivity contribution is 6.16. The standard InChI is InChI=1S/C23H24O8/c1-22(2)28-18(24)16(19(25)29-22)14-10-6-5-7-9-8(6)12(14)13(9)15(11(7)10)17-20(26)30-23(3,4)31-21(17)27/h6-14,16H,5H2,1-4H3/t6-,7+,8-,9+,10+,11+,12-,13-,14+/m1/s1. The minimum Gasteiger partial charge on any atom is -0.422 e. The molecule has 0 aromatic heterocycles. The van der Waals surface area contributed by atoms with Gasteiger partial charge in [0.15, 0.2) is 5.92 Å². The quantitative estimate of drug-likeness (QED) is 0.268. The van der Waals surface area contributed by atoms with E-state index in [1.54, 1.807) is 27.7 Å². The first kappa shape index (κ1) is 18.2. The molecule has 0 unspecified atom stereocenters. The maximum atomic E-state index is 12.9. The topological polar surface area (TPSA) is 105 Å². The Bertz CT molecular complexity index is 994. The SMILES string of the molecule is CC1(C)OC(=O)C(=C2[C@@H]3[C@H]4[C@@H]5C[C@@H]6[C@H]4[C@H]3[C@@H](C3C(=O)OC(C)(C)OC3=O)[C@@H]6[C@@H]25)C(=O)O1. The van der Waals surface area contributed by atoms with Gasteiger partial charge in [-0.15, -0.1) is 0 Å². The van der Waals surface area contributed by atoms with Crippen LogP contribution in [0.25, 0.3) is 0 Å². The lowest BCUT2D eigenvalue weighted by Gasteiger charge is -2.51. The van der Waals surface area contributed by atoms with E-state index in [1.807, 2.05) is 0 Å². The molecule has 7 rings (SSSR count). The molecule has 5 saturated carbocycles. The Morgan fingerprint density at radius 3 is 1.81 bits per heavy atom. The molecule has 31 heavy (non-hydrogen) atoms. The Morgan fingerprint density at radius 2 is 1.19 bits per heavy atom. The number of hydrogen-bond acceptors (Lipinski definition) is 8. The fourth-order valence-electron chi connectivity index (χ4n) is 9.01. The van der Waals surface area contributed by atoms with Crippen molar-refractivity contribution >= 4 is 23.9 Å². The molecule has 0 spiro atoms. The zero-order valence-electron chi connectivity index (χ0n) is 17.7. The van der Waals surface area contributed by atoms with E-state index in [2.05, 4.69) is 0 Å². The van der Waals surface area contributed by atoms with Crippen LogP contribution in [0.4, 0.5) is 0 Å². The number of rotatable bonds is 1. The van der Waals surface area contributed by atoms with Gasteiger partial charge in [-0.3, -0.25) is 9.59 Å². The minimum atomic E-state index is -1.27. The van der Waals surface area contributed by atoms with Crippen molar-refractivity contribution in [1.82, 2.24) is 0 Å². The maximum absolute atomic E-state index is 12.9. The molecule has 7 fully saturated rings. The van der Waals surface area contributed by atoms with Crippen molar-refractivity contribution in [2.45, 2.75) is 45.7 Å². The lowest BCUT2D eigenvalue weighted by Crippen LogP contribution is -2.55. The zero-order chi connectivity index (χ0) is 21.8. The lowest BCUT2D eigenvalue weighted by atomic mass is 9.54. The summed E-state index contributed by atoms with van der Waals surface area (Å²) >= 11 is 0. The molecule has 0 N–H and O–H groups in total. The van der Waals surface area contributed by atoms with Crippen LogP contribution >= 0.6 is 0 Å². The highest BCUT2D eigenvalue weighted by Gasteiger charge is 2.84. The number of esters is 4. The Hall–Kier alpha value is -2.38. The largest absolute Gasteiger partial charge is 0.422 e. The van der Waals surface area contributed by atoms with Crippen LogP contribution in [-0.2, 0) is 38.1 Å². The molecule has 8 nitrogen and oxygen atoms in total. The van der Waals surface area contributed by atoms with Crippen LogP contribution in [-0.4, -0.2) is 35.5 Å². The molecule has 2 saturated heterocycles. The summed E-state index contributed by atoms with van der Waals surface area (Å²) in [5.41, 5.74) is 0.937. The van der Waals surface area contributed by atoms with E-state index in [1.165, 1.54) is 0 Å². The van der Waals surface area contributed by atoms with Gasteiger partial charge in [0.25, 0.3) is 11.6 Å². The van der Waals surface area contributed by atoms with E-state index in [0.29, 0.717) is 23.7 Å². The molecular formula is C23H24O8. The third-order valence-electron chi connectivity index (χ3n) is 9.19. The van der Waals surface area contributed by atoms with Crippen molar-refractivity contribution in [3.63, 3.8) is 0 Å². The fourth-order valence-corrected chi connectivity index (χ4v) is 9.01. The Morgan fingerprint density at radius 1 is 0.645 bits per heavy atom. The van der Waals surface area contributed by atoms with Crippen LogP contribution in [0.1, 0.15) is 34.1 Å². The Kier molecular flexibility index (Phi) is 2.93. The first-order valence-corrected chi connectivity index (χ1v) is 11.2. The van der Waals surface area contributed by atoms with Crippen LogP contribution in [0.5, 0.6) is 0 Å². The molecule has 0 radical (unpaired) electrons. The number of hydrogen-bond donors (Lipinski definition) is 0. The summed E-state index contributed by atoms with van der Waals surface area (Å²) < 4.78 is 21.7. The van der Waals surface area contributed by atoms with Crippen LogP contribution < -0.4 is 0 Å². The number of cyclic esters (lactones) is 4. The normalized spacial score (nSPS) is 49.7. The third kappa shape index (κ3) is 1.90. The number of carbonyl (C=O) groups is 4. The molecular weight excluding hydrogens is 404 g/mol. The van der Waals surface area contributed by atoms with E-state index in [0.717, 1.165) is 12.0 Å². The second-order valence-electron chi connectivity index (χ2n) is 11.2. The van der Waals surface area contributed by atoms with Crippen LogP contribution in [0, 0.1) is 59.2 Å². The molecule has 2 heterocycles. The summed E-state index contributed by atoms with van der Waals surface area (Å²) in [6, 6.07) is 0. The van der Waals surface area contributed by atoms with E-state index < -0.39 is 41.4 Å². The molecule has 5 aliphatic carbocycles. The van der Waals surface area contributed by atoms with Crippen molar-refractivity contribution in [2.24, 2.45) is 59.2 Å². The molecule has 0 aromatic rings. The number of carbonyl (C=O) groups excluding carboxylic acids is 4. The van der Waals surface area contributed by atoms with Gasteiger partial charge in [-0.1, -0.05) is 0 Å². The molecule has 164 valence electrons. The van der Waals surface area contributed by atoms with Crippen molar-refractivity contribution in [3.05, 3.63) is 11.1 Å². The van der Waals surface area contributed by atoms with Crippen molar-refractivity contribution < 1.29 is 38.1 Å². The molecule has 2 bridgehead atoms. The van der Waals surface area contributed by atoms with Crippen molar-refractivity contribution in [3.8, 4) is 0 Å². The smallest absolute Gasteiger partial charge is 0.348 e. The molecule has 0 amide bonds. The van der Waals surface area contributed by atoms with Gasteiger partial charge in [0, 0.05) is 27.7 Å². The second kappa shape index (κ2) is 4.99. The highest BCUT2D eigenvalue weighted by Crippen LogP contribution is 2.87. The number of fused-ring (bicyclic) bond motifs is 2. The van der Waals surface area contributed by atoms with Gasteiger partial charge >= 0.3 is 23.9 Å². The average Bonchev–Trinajstić information content (AvgIpc) is 3.11. The zero-order valence-corrected chi connectivity index (χ0v) is 17.7. The number of allylic oxidation sites excluding steroid dienone is 1. The summed E-state index contributed by atoms with van der Waals surface area (Å²) in [6.07, 6.45) is 1.03. The Labute approximate surface area is 178 Å². The van der Waals surface area contributed by atoms with E-state index in [-0.39, 0.29) is 35.2 Å². The van der Waals surface area contributed by atoms with Crippen LogP contribution in [0.3, 0.4) is 0 Å². The predicted octanol–water partition coefficient (Wildman–Crippen LogP) is 1.58. The molecule has 0 aromatic carbocycles. The summed E-state index contributed by atoms with van der Waals surface area (Å²) in [5.74, 6) is -3.92. The first-order chi connectivity index (χ1) is 14.5. The van der Waals surface area contributed by atoms with Crippen molar-refractivity contribution in [2.75, 3.05) is 0 Å².